The summed E-state index contributed by atoms with van der Waals surface area (Å²) in [4.78, 5) is 21.4. The van der Waals surface area contributed by atoms with Crippen LogP contribution in [-0.2, 0) is 0 Å². The van der Waals surface area contributed by atoms with E-state index in [9.17, 15) is 10.1 Å². The van der Waals surface area contributed by atoms with E-state index in [0.717, 1.165) is 11.4 Å². The van der Waals surface area contributed by atoms with Gasteiger partial charge in [0.1, 0.15) is 17.4 Å². The van der Waals surface area contributed by atoms with Crippen molar-refractivity contribution in [3.63, 3.8) is 0 Å². The molecule has 0 bridgehead atoms. The normalized spacial score (nSPS) is 10.7. The highest BCUT2D eigenvalue weighted by Crippen LogP contribution is 2.31. The SMILES string of the molecule is CCOc1ccc(N(C)c2nc(C)nc3ccc([N+](=O)[O-])cc23)cc1. The maximum absolute atomic E-state index is 11.1. The first-order valence-corrected chi connectivity index (χ1v) is 7.89. The lowest BCUT2D eigenvalue weighted by Gasteiger charge is -2.20. The van der Waals surface area contributed by atoms with E-state index in [2.05, 4.69) is 9.97 Å². The number of aryl methyl sites for hydroxylation is 1. The third-order valence-electron chi connectivity index (χ3n) is 3.83. The lowest BCUT2D eigenvalue weighted by Crippen LogP contribution is -2.13. The van der Waals surface area contributed by atoms with Gasteiger partial charge in [-0.3, -0.25) is 10.1 Å². The summed E-state index contributed by atoms with van der Waals surface area (Å²) in [6.07, 6.45) is 0. The van der Waals surface area contributed by atoms with Gasteiger partial charge in [-0.05, 0) is 44.2 Å². The van der Waals surface area contributed by atoms with Crippen LogP contribution in [0.15, 0.2) is 42.5 Å². The number of nitro groups is 1. The number of non-ortho nitro benzene ring substituents is 1. The number of nitro benzene ring substituents is 1. The van der Waals surface area contributed by atoms with Crippen molar-refractivity contribution in [3.05, 3.63) is 58.4 Å². The second-order valence-corrected chi connectivity index (χ2v) is 5.54. The minimum Gasteiger partial charge on any atom is -0.494 e. The van der Waals surface area contributed by atoms with Gasteiger partial charge in [0.05, 0.1) is 22.4 Å². The molecule has 1 aromatic heterocycles. The third kappa shape index (κ3) is 3.35. The van der Waals surface area contributed by atoms with Crippen LogP contribution in [0.1, 0.15) is 12.7 Å². The zero-order valence-corrected chi connectivity index (χ0v) is 14.3. The number of fused-ring (bicyclic) bond motifs is 1. The number of anilines is 2. The Morgan fingerprint density at radius 2 is 1.88 bits per heavy atom. The molecule has 0 saturated carbocycles. The molecule has 0 spiro atoms. The van der Waals surface area contributed by atoms with Gasteiger partial charge < -0.3 is 9.64 Å². The Hall–Kier alpha value is -3.22. The van der Waals surface area contributed by atoms with Crippen LogP contribution in [0.2, 0.25) is 0 Å². The number of hydrogen-bond acceptors (Lipinski definition) is 6. The van der Waals surface area contributed by atoms with Gasteiger partial charge in [0.2, 0.25) is 0 Å². The van der Waals surface area contributed by atoms with E-state index in [4.69, 9.17) is 4.74 Å². The molecule has 3 aromatic rings. The topological polar surface area (TPSA) is 81.4 Å². The summed E-state index contributed by atoms with van der Waals surface area (Å²) in [5, 5.41) is 11.7. The molecule has 0 unspecified atom stereocenters. The average Bonchev–Trinajstić information content (AvgIpc) is 2.61. The first kappa shape index (κ1) is 16.6. The van der Waals surface area contributed by atoms with Gasteiger partial charge in [-0.2, -0.15) is 0 Å². The Morgan fingerprint density at radius 3 is 2.52 bits per heavy atom. The van der Waals surface area contributed by atoms with Crippen LogP contribution in [0.4, 0.5) is 17.2 Å². The van der Waals surface area contributed by atoms with Gasteiger partial charge in [0.25, 0.3) is 5.69 Å². The predicted molar refractivity (Wildman–Crippen MR) is 96.6 cm³/mol. The van der Waals surface area contributed by atoms with Crippen molar-refractivity contribution in [2.75, 3.05) is 18.6 Å². The molecule has 25 heavy (non-hydrogen) atoms. The predicted octanol–water partition coefficient (Wildman–Crippen LogP) is 4.01. The van der Waals surface area contributed by atoms with Crippen LogP contribution in [-0.4, -0.2) is 28.5 Å². The number of nitrogens with zero attached hydrogens (tertiary/aromatic N) is 4. The van der Waals surface area contributed by atoms with E-state index in [-0.39, 0.29) is 5.69 Å². The molecular formula is C18H18N4O3. The van der Waals surface area contributed by atoms with Crippen molar-refractivity contribution < 1.29 is 9.66 Å². The quantitative estimate of drug-likeness (QED) is 0.516. The van der Waals surface area contributed by atoms with Crippen LogP contribution < -0.4 is 9.64 Å². The minimum atomic E-state index is -0.417. The van der Waals surface area contributed by atoms with E-state index < -0.39 is 4.92 Å². The summed E-state index contributed by atoms with van der Waals surface area (Å²) in [6, 6.07) is 12.2. The summed E-state index contributed by atoms with van der Waals surface area (Å²) in [5.74, 6) is 2.02. The Kier molecular flexibility index (Phi) is 4.47. The van der Waals surface area contributed by atoms with Gasteiger partial charge in [-0.25, -0.2) is 9.97 Å². The number of ether oxygens (including phenoxy) is 1. The molecule has 128 valence electrons. The summed E-state index contributed by atoms with van der Waals surface area (Å²) >= 11 is 0. The molecule has 0 aliphatic carbocycles. The molecule has 0 aliphatic heterocycles. The molecular weight excluding hydrogens is 320 g/mol. The number of hydrogen-bond donors (Lipinski definition) is 0. The van der Waals surface area contributed by atoms with Crippen LogP contribution in [0.25, 0.3) is 10.9 Å². The van der Waals surface area contributed by atoms with Crippen molar-refractivity contribution >= 4 is 28.1 Å². The van der Waals surface area contributed by atoms with Crippen LogP contribution >= 0.6 is 0 Å². The fourth-order valence-corrected chi connectivity index (χ4v) is 2.64. The highest BCUT2D eigenvalue weighted by Gasteiger charge is 2.15. The lowest BCUT2D eigenvalue weighted by atomic mass is 10.2. The smallest absolute Gasteiger partial charge is 0.270 e. The Morgan fingerprint density at radius 1 is 1.16 bits per heavy atom. The molecule has 2 aromatic carbocycles. The van der Waals surface area contributed by atoms with Gasteiger partial charge in [-0.15, -0.1) is 0 Å². The molecule has 0 amide bonds. The largest absolute Gasteiger partial charge is 0.494 e. The van der Waals surface area contributed by atoms with Gasteiger partial charge in [-0.1, -0.05) is 0 Å². The molecule has 0 fully saturated rings. The zero-order chi connectivity index (χ0) is 18.0. The van der Waals surface area contributed by atoms with Crippen molar-refractivity contribution in [3.8, 4) is 5.75 Å². The molecule has 7 heteroatoms. The molecule has 0 N–H and O–H groups in total. The van der Waals surface area contributed by atoms with Crippen LogP contribution in [0, 0.1) is 17.0 Å². The van der Waals surface area contributed by atoms with E-state index in [1.807, 2.05) is 43.1 Å². The van der Waals surface area contributed by atoms with Crippen LogP contribution in [0.5, 0.6) is 5.75 Å². The molecule has 3 rings (SSSR count). The Balaban J connectivity index is 2.09. The van der Waals surface area contributed by atoms with Crippen molar-refractivity contribution in [1.29, 1.82) is 0 Å². The Bertz CT molecular complexity index is 926. The molecule has 0 aliphatic rings. The fraction of sp³-hybridized carbons (Fsp3) is 0.222. The third-order valence-corrected chi connectivity index (χ3v) is 3.83. The highest BCUT2D eigenvalue weighted by atomic mass is 16.6. The monoisotopic (exact) mass is 338 g/mol. The fourth-order valence-electron chi connectivity index (χ4n) is 2.64. The summed E-state index contributed by atoms with van der Waals surface area (Å²) in [5.41, 5.74) is 1.58. The first-order valence-electron chi connectivity index (χ1n) is 7.89. The summed E-state index contributed by atoms with van der Waals surface area (Å²) in [6.45, 7) is 4.34. The van der Waals surface area contributed by atoms with E-state index in [1.165, 1.54) is 12.1 Å². The summed E-state index contributed by atoms with van der Waals surface area (Å²) in [7, 11) is 1.87. The zero-order valence-electron chi connectivity index (χ0n) is 14.3. The maximum Gasteiger partial charge on any atom is 0.270 e. The first-order chi connectivity index (χ1) is 12.0. The van der Waals surface area contributed by atoms with Crippen molar-refractivity contribution in [2.24, 2.45) is 0 Å². The Labute approximate surface area is 145 Å². The number of rotatable bonds is 5. The average molecular weight is 338 g/mol. The number of aromatic nitrogens is 2. The van der Waals surface area contributed by atoms with Gasteiger partial charge in [0.15, 0.2) is 0 Å². The molecule has 0 atom stereocenters. The van der Waals surface area contributed by atoms with Crippen LogP contribution in [0.3, 0.4) is 0 Å². The van der Waals surface area contributed by atoms with E-state index >= 15 is 0 Å². The van der Waals surface area contributed by atoms with E-state index in [1.54, 1.807) is 13.0 Å². The lowest BCUT2D eigenvalue weighted by molar-refractivity contribution is -0.384. The standard InChI is InChI=1S/C18H18N4O3/c1-4-25-15-8-5-13(6-9-15)21(3)18-16-11-14(22(23)24)7-10-17(16)19-12(2)20-18/h5-11H,4H2,1-3H3. The molecule has 0 saturated heterocycles. The number of benzene rings is 2. The van der Waals surface area contributed by atoms with Crippen molar-refractivity contribution in [1.82, 2.24) is 9.97 Å². The summed E-state index contributed by atoms with van der Waals surface area (Å²) < 4.78 is 5.46. The molecule has 7 nitrogen and oxygen atoms in total. The molecule has 1 heterocycles. The van der Waals surface area contributed by atoms with Gasteiger partial charge in [0, 0.05) is 24.9 Å². The highest BCUT2D eigenvalue weighted by molar-refractivity contribution is 5.93. The molecule has 0 radical (unpaired) electrons. The minimum absolute atomic E-state index is 0.0151. The second-order valence-electron chi connectivity index (χ2n) is 5.54. The van der Waals surface area contributed by atoms with Gasteiger partial charge >= 0.3 is 0 Å². The van der Waals surface area contributed by atoms with E-state index in [0.29, 0.717) is 29.2 Å². The maximum atomic E-state index is 11.1. The second kappa shape index (κ2) is 6.72. The van der Waals surface area contributed by atoms with Crippen molar-refractivity contribution in [2.45, 2.75) is 13.8 Å².